The van der Waals surface area contributed by atoms with Gasteiger partial charge in [-0.1, -0.05) is 42.5 Å². The highest BCUT2D eigenvalue weighted by Gasteiger charge is 2.08. The fourth-order valence-corrected chi connectivity index (χ4v) is 2.29. The molecule has 4 heteroatoms. The number of ether oxygens (including phenoxy) is 3. The Morgan fingerprint density at radius 3 is 2.11 bits per heavy atom. The molecule has 0 aromatic heterocycles. The number of benzene rings is 3. The van der Waals surface area contributed by atoms with E-state index in [-0.39, 0.29) is 0 Å². The van der Waals surface area contributed by atoms with Crippen LogP contribution in [-0.2, 0) is 0 Å². The molecule has 0 saturated carbocycles. The minimum Gasteiger partial charge on any atom is -0.497 e. The Morgan fingerprint density at radius 2 is 1.41 bits per heavy atom. The zero-order valence-corrected chi connectivity index (χ0v) is 15.3. The molecule has 0 aliphatic rings. The van der Waals surface area contributed by atoms with Crippen LogP contribution < -0.4 is 14.2 Å². The molecule has 0 bridgehead atoms. The fraction of sp³-hybridized carbons (Fsp3) is 0.0870. The Labute approximate surface area is 159 Å². The SMILES string of the molecule is COc1cccc(OC(=N\c2ccccc2)/C(C)=C/Oc2ccccc2)c1. The molecular formula is C23H21NO3. The fourth-order valence-electron chi connectivity index (χ4n) is 2.29. The summed E-state index contributed by atoms with van der Waals surface area (Å²) in [6, 6.07) is 26.6. The maximum absolute atomic E-state index is 6.03. The maximum atomic E-state index is 6.03. The molecule has 0 spiro atoms. The lowest BCUT2D eigenvalue weighted by Crippen LogP contribution is -2.11. The number of hydrogen-bond donors (Lipinski definition) is 0. The van der Waals surface area contributed by atoms with Gasteiger partial charge in [0, 0.05) is 11.6 Å². The van der Waals surface area contributed by atoms with E-state index in [9.17, 15) is 0 Å². The van der Waals surface area contributed by atoms with Crippen LogP contribution in [0.1, 0.15) is 6.92 Å². The quantitative estimate of drug-likeness (QED) is 0.318. The van der Waals surface area contributed by atoms with Crippen molar-refractivity contribution in [2.24, 2.45) is 4.99 Å². The summed E-state index contributed by atoms with van der Waals surface area (Å²) in [7, 11) is 1.62. The minimum absolute atomic E-state index is 0.449. The van der Waals surface area contributed by atoms with E-state index in [0.717, 1.165) is 17.0 Å². The van der Waals surface area contributed by atoms with Gasteiger partial charge in [-0.2, -0.15) is 0 Å². The van der Waals surface area contributed by atoms with Gasteiger partial charge in [0.15, 0.2) is 0 Å². The molecule has 0 saturated heterocycles. The van der Waals surface area contributed by atoms with Crippen molar-refractivity contribution in [2.45, 2.75) is 6.92 Å². The summed E-state index contributed by atoms with van der Waals surface area (Å²) >= 11 is 0. The van der Waals surface area contributed by atoms with Gasteiger partial charge in [0.25, 0.3) is 0 Å². The molecule has 0 N–H and O–H groups in total. The van der Waals surface area contributed by atoms with E-state index >= 15 is 0 Å². The number of nitrogens with zero attached hydrogens (tertiary/aromatic N) is 1. The standard InChI is InChI=1S/C23H21NO3/c1-18(17-26-20-12-7-4-8-13-20)23(24-19-10-5-3-6-11-19)27-22-15-9-14-21(16-22)25-2/h3-17H,1-2H3/b18-17+,24-23-. The monoisotopic (exact) mass is 359 g/mol. The van der Waals surface area contributed by atoms with Crippen molar-refractivity contribution in [1.29, 1.82) is 0 Å². The van der Waals surface area contributed by atoms with E-state index in [4.69, 9.17) is 14.2 Å². The third kappa shape index (κ3) is 5.47. The Hall–Kier alpha value is -3.53. The van der Waals surface area contributed by atoms with Crippen molar-refractivity contribution in [3.8, 4) is 17.2 Å². The molecule has 0 fully saturated rings. The van der Waals surface area contributed by atoms with Crippen LogP contribution in [0.15, 0.2) is 102 Å². The van der Waals surface area contributed by atoms with Crippen molar-refractivity contribution >= 4 is 11.6 Å². The molecule has 0 aliphatic carbocycles. The molecule has 136 valence electrons. The minimum atomic E-state index is 0.449. The van der Waals surface area contributed by atoms with Gasteiger partial charge in [-0.05, 0) is 43.3 Å². The van der Waals surface area contributed by atoms with Gasteiger partial charge in [0.1, 0.15) is 17.2 Å². The van der Waals surface area contributed by atoms with E-state index in [0.29, 0.717) is 17.4 Å². The summed E-state index contributed by atoms with van der Waals surface area (Å²) in [4.78, 5) is 4.63. The Kier molecular flexibility index (Phi) is 6.26. The zero-order valence-electron chi connectivity index (χ0n) is 15.3. The molecule has 0 amide bonds. The van der Waals surface area contributed by atoms with E-state index < -0.39 is 0 Å². The largest absolute Gasteiger partial charge is 0.497 e. The molecule has 3 aromatic carbocycles. The first-order valence-electron chi connectivity index (χ1n) is 8.59. The second-order valence-corrected chi connectivity index (χ2v) is 5.77. The molecule has 4 nitrogen and oxygen atoms in total. The van der Waals surface area contributed by atoms with Crippen LogP contribution in [-0.4, -0.2) is 13.0 Å². The van der Waals surface area contributed by atoms with Gasteiger partial charge in [0.05, 0.1) is 19.1 Å². The van der Waals surface area contributed by atoms with Gasteiger partial charge in [-0.25, -0.2) is 4.99 Å². The topological polar surface area (TPSA) is 40.0 Å². The summed E-state index contributed by atoms with van der Waals surface area (Å²) in [6.07, 6.45) is 1.64. The average molecular weight is 359 g/mol. The van der Waals surface area contributed by atoms with Crippen LogP contribution in [0.25, 0.3) is 0 Å². The van der Waals surface area contributed by atoms with Crippen LogP contribution in [0.2, 0.25) is 0 Å². The van der Waals surface area contributed by atoms with Crippen LogP contribution >= 0.6 is 0 Å². The van der Waals surface area contributed by atoms with Crippen molar-refractivity contribution in [3.05, 3.63) is 96.8 Å². The molecular weight excluding hydrogens is 338 g/mol. The van der Waals surface area contributed by atoms with Gasteiger partial charge in [-0.3, -0.25) is 0 Å². The first-order chi connectivity index (χ1) is 13.2. The lowest BCUT2D eigenvalue weighted by molar-refractivity contribution is 0.411. The zero-order chi connectivity index (χ0) is 18.9. The number of hydrogen-bond acceptors (Lipinski definition) is 4. The predicted octanol–water partition coefficient (Wildman–Crippen LogP) is 5.79. The third-order valence-corrected chi connectivity index (χ3v) is 3.69. The highest BCUT2D eigenvalue weighted by atomic mass is 16.5. The average Bonchev–Trinajstić information content (AvgIpc) is 2.73. The van der Waals surface area contributed by atoms with Crippen molar-refractivity contribution < 1.29 is 14.2 Å². The first-order valence-corrected chi connectivity index (χ1v) is 8.59. The number of rotatable bonds is 6. The first kappa shape index (κ1) is 18.3. The normalized spacial score (nSPS) is 11.8. The molecule has 0 heterocycles. The van der Waals surface area contributed by atoms with Crippen LogP contribution in [0.4, 0.5) is 5.69 Å². The molecule has 0 atom stereocenters. The van der Waals surface area contributed by atoms with Gasteiger partial charge >= 0.3 is 0 Å². The van der Waals surface area contributed by atoms with Crippen LogP contribution in [0.5, 0.6) is 17.2 Å². The Balaban J connectivity index is 1.88. The second kappa shape index (κ2) is 9.25. The van der Waals surface area contributed by atoms with Crippen molar-refractivity contribution in [1.82, 2.24) is 0 Å². The molecule has 0 radical (unpaired) electrons. The van der Waals surface area contributed by atoms with E-state index in [1.54, 1.807) is 13.4 Å². The summed E-state index contributed by atoms with van der Waals surface area (Å²) in [5, 5.41) is 0. The maximum Gasteiger partial charge on any atom is 0.225 e. The summed E-state index contributed by atoms with van der Waals surface area (Å²) < 4.78 is 17.0. The lowest BCUT2D eigenvalue weighted by atomic mass is 10.3. The Bertz CT molecular complexity index is 919. The van der Waals surface area contributed by atoms with Gasteiger partial charge in [0.2, 0.25) is 5.90 Å². The van der Waals surface area contributed by atoms with Gasteiger partial charge in [-0.15, -0.1) is 0 Å². The van der Waals surface area contributed by atoms with Crippen LogP contribution in [0, 0.1) is 0 Å². The van der Waals surface area contributed by atoms with Crippen molar-refractivity contribution in [3.63, 3.8) is 0 Å². The van der Waals surface area contributed by atoms with E-state index in [1.165, 1.54) is 0 Å². The summed E-state index contributed by atoms with van der Waals surface area (Å²) in [5.74, 6) is 2.55. The third-order valence-electron chi connectivity index (χ3n) is 3.69. The van der Waals surface area contributed by atoms with Crippen LogP contribution in [0.3, 0.4) is 0 Å². The molecule has 27 heavy (non-hydrogen) atoms. The smallest absolute Gasteiger partial charge is 0.225 e. The van der Waals surface area contributed by atoms with E-state index in [2.05, 4.69) is 4.99 Å². The Morgan fingerprint density at radius 1 is 0.778 bits per heavy atom. The van der Waals surface area contributed by atoms with Gasteiger partial charge < -0.3 is 14.2 Å². The highest BCUT2D eigenvalue weighted by molar-refractivity contribution is 5.96. The molecule has 0 unspecified atom stereocenters. The second-order valence-electron chi connectivity index (χ2n) is 5.77. The highest BCUT2D eigenvalue weighted by Crippen LogP contribution is 2.22. The molecule has 3 rings (SSSR count). The van der Waals surface area contributed by atoms with E-state index in [1.807, 2.05) is 91.9 Å². The summed E-state index contributed by atoms with van der Waals surface area (Å²) in [6.45, 7) is 1.89. The summed E-state index contributed by atoms with van der Waals surface area (Å²) in [5.41, 5.74) is 1.55. The lowest BCUT2D eigenvalue weighted by Gasteiger charge is -2.11. The molecule has 0 aliphatic heterocycles. The van der Waals surface area contributed by atoms with Crippen molar-refractivity contribution in [2.75, 3.05) is 7.11 Å². The number of para-hydroxylation sites is 2. The molecule has 3 aromatic rings. The number of aliphatic imine (C=N–C) groups is 1. The predicted molar refractivity (Wildman–Crippen MR) is 108 cm³/mol. The number of methoxy groups -OCH3 is 1.